The minimum Gasteiger partial charge on any atom is -0.376 e. The minimum atomic E-state index is -1.52. The van der Waals surface area contributed by atoms with Gasteiger partial charge in [-0.3, -0.25) is 9.97 Å². The Balaban J connectivity index is 1.69. The zero-order valence-electron chi connectivity index (χ0n) is 20.3. The third kappa shape index (κ3) is 3.54. The van der Waals surface area contributed by atoms with Crippen molar-refractivity contribution in [1.82, 2.24) is 25.1 Å². The smallest absolute Gasteiger partial charge is 0.145 e. The molecule has 1 aliphatic rings. The Morgan fingerprint density at radius 1 is 0.943 bits per heavy atom. The number of fused-ring (bicyclic) bond motifs is 1. The number of hydrogen-bond acceptors (Lipinski definition) is 6. The summed E-state index contributed by atoms with van der Waals surface area (Å²) in [4.78, 5) is 17.5. The van der Waals surface area contributed by atoms with Gasteiger partial charge in [-0.25, -0.2) is 4.98 Å². The Labute approximate surface area is 203 Å². The summed E-state index contributed by atoms with van der Waals surface area (Å²) >= 11 is 0. The van der Waals surface area contributed by atoms with E-state index in [9.17, 15) is 5.11 Å². The van der Waals surface area contributed by atoms with Crippen molar-refractivity contribution < 1.29 is 9.63 Å². The highest BCUT2D eigenvalue weighted by molar-refractivity contribution is 5.88. The summed E-state index contributed by atoms with van der Waals surface area (Å²) in [7, 11) is 0. The molecule has 35 heavy (non-hydrogen) atoms. The lowest BCUT2D eigenvalue weighted by molar-refractivity contribution is 0.126. The summed E-state index contributed by atoms with van der Waals surface area (Å²) < 4.78 is 5.48. The molecule has 1 aliphatic carbocycles. The Morgan fingerprint density at radius 2 is 1.60 bits per heavy atom. The summed E-state index contributed by atoms with van der Waals surface area (Å²) in [6.07, 6.45) is 5.72. The summed E-state index contributed by atoms with van der Waals surface area (Å²) in [5, 5.41) is 16.8. The van der Waals surface area contributed by atoms with E-state index in [1.165, 1.54) is 0 Å². The van der Waals surface area contributed by atoms with Gasteiger partial charge in [-0.1, -0.05) is 17.3 Å². The molecule has 0 unspecified atom stereocenters. The Morgan fingerprint density at radius 3 is 2.11 bits per heavy atom. The van der Waals surface area contributed by atoms with E-state index < -0.39 is 5.60 Å². The summed E-state index contributed by atoms with van der Waals surface area (Å²) in [5.74, 6) is 2.13. The van der Waals surface area contributed by atoms with Crippen LogP contribution >= 0.6 is 0 Å². The average molecular weight is 466 g/mol. The molecule has 1 aromatic carbocycles. The second kappa shape index (κ2) is 7.85. The quantitative estimate of drug-likeness (QED) is 0.360. The van der Waals surface area contributed by atoms with Crippen LogP contribution in [0.4, 0.5) is 0 Å². The first-order valence-corrected chi connectivity index (χ1v) is 11.9. The van der Waals surface area contributed by atoms with E-state index in [1.807, 2.05) is 58.0 Å². The van der Waals surface area contributed by atoms with Crippen LogP contribution in [-0.2, 0) is 5.60 Å². The van der Waals surface area contributed by atoms with Crippen LogP contribution in [0.1, 0.15) is 64.1 Å². The van der Waals surface area contributed by atoms with Gasteiger partial charge in [0.1, 0.15) is 17.2 Å². The normalized spacial score (nSPS) is 14.1. The molecule has 6 rings (SSSR count). The van der Waals surface area contributed by atoms with Crippen molar-refractivity contribution in [1.29, 1.82) is 0 Å². The molecular formula is C28H27N5O2. The molecule has 4 aromatic heterocycles. The Bertz CT molecular complexity index is 1480. The largest absolute Gasteiger partial charge is 0.376 e. The van der Waals surface area contributed by atoms with Gasteiger partial charge < -0.3 is 14.6 Å². The molecule has 7 heteroatoms. The molecule has 0 radical (unpaired) electrons. The molecule has 0 aliphatic heterocycles. The minimum absolute atomic E-state index is 0.438. The fourth-order valence-electron chi connectivity index (χ4n) is 4.84. The molecule has 4 heterocycles. The van der Waals surface area contributed by atoms with Crippen LogP contribution in [0, 0.1) is 27.7 Å². The number of aromatic nitrogens is 5. The van der Waals surface area contributed by atoms with Gasteiger partial charge in [0.25, 0.3) is 0 Å². The maximum Gasteiger partial charge on any atom is 0.145 e. The molecule has 176 valence electrons. The molecule has 1 fully saturated rings. The van der Waals surface area contributed by atoms with Gasteiger partial charge in [-0.15, -0.1) is 0 Å². The zero-order chi connectivity index (χ0) is 24.3. The molecule has 7 nitrogen and oxygen atoms in total. The number of aliphatic hydroxyl groups is 1. The first-order chi connectivity index (χ1) is 16.8. The number of pyridine rings is 2. The zero-order valence-corrected chi connectivity index (χ0v) is 20.3. The lowest BCUT2D eigenvalue weighted by Gasteiger charge is -2.30. The second-order valence-corrected chi connectivity index (χ2v) is 9.60. The van der Waals surface area contributed by atoms with Crippen molar-refractivity contribution in [3.8, 4) is 11.1 Å². The van der Waals surface area contributed by atoms with E-state index >= 15 is 0 Å². The van der Waals surface area contributed by atoms with E-state index in [1.54, 1.807) is 12.4 Å². The monoisotopic (exact) mass is 465 g/mol. The van der Waals surface area contributed by atoms with E-state index in [-0.39, 0.29) is 0 Å². The standard InChI is InChI=1S/C28H27N5O2/c1-15-5-9-21(13-29-15)28(34,22-10-6-16(2)30-14-22)23-11-20(25-17(3)33-35-18(25)4)12-24-26(23)32-27(31-24)19-7-8-19/h5-6,9-14,19,34H,7-8H2,1-4H3,(H,31,32). The molecule has 0 saturated heterocycles. The van der Waals surface area contributed by atoms with Crippen LogP contribution in [0.3, 0.4) is 0 Å². The average Bonchev–Trinajstić information content (AvgIpc) is 3.53. The van der Waals surface area contributed by atoms with Gasteiger partial charge in [-0.05, 0) is 70.4 Å². The molecular weight excluding hydrogens is 438 g/mol. The number of nitrogens with one attached hydrogen (secondary N) is 1. The lowest BCUT2D eigenvalue weighted by Crippen LogP contribution is -2.30. The van der Waals surface area contributed by atoms with Crippen LogP contribution < -0.4 is 0 Å². The van der Waals surface area contributed by atoms with Gasteiger partial charge in [0.15, 0.2) is 0 Å². The molecule has 0 atom stereocenters. The van der Waals surface area contributed by atoms with Crippen molar-refractivity contribution in [2.45, 2.75) is 52.1 Å². The first-order valence-electron chi connectivity index (χ1n) is 11.9. The van der Waals surface area contributed by atoms with Crippen LogP contribution in [0.5, 0.6) is 0 Å². The molecule has 0 bridgehead atoms. The van der Waals surface area contributed by atoms with E-state index in [4.69, 9.17) is 9.51 Å². The number of aromatic amines is 1. The Kier molecular flexibility index (Phi) is 4.86. The van der Waals surface area contributed by atoms with E-state index in [2.05, 4.69) is 26.2 Å². The van der Waals surface area contributed by atoms with Crippen LogP contribution in [-0.4, -0.2) is 30.2 Å². The second-order valence-electron chi connectivity index (χ2n) is 9.60. The number of rotatable bonds is 5. The number of imidazole rings is 1. The van der Waals surface area contributed by atoms with Crippen LogP contribution in [0.15, 0.2) is 53.3 Å². The predicted octanol–water partition coefficient (Wildman–Crippen LogP) is 5.40. The molecule has 5 aromatic rings. The SMILES string of the molecule is Cc1ccc(C(O)(c2ccc(C)nc2)c2cc(-c3c(C)noc3C)cc3[nH]c(C4CC4)nc23)cn1. The fourth-order valence-corrected chi connectivity index (χ4v) is 4.84. The van der Waals surface area contributed by atoms with Gasteiger partial charge in [-0.2, -0.15) is 0 Å². The van der Waals surface area contributed by atoms with Crippen molar-refractivity contribution >= 4 is 11.0 Å². The van der Waals surface area contributed by atoms with E-state index in [0.29, 0.717) is 22.6 Å². The number of H-pyrrole nitrogens is 1. The van der Waals surface area contributed by atoms with Crippen molar-refractivity contribution in [3.05, 3.63) is 94.1 Å². The molecule has 2 N–H and O–H groups in total. The number of nitrogens with zero attached hydrogens (tertiary/aromatic N) is 4. The topological polar surface area (TPSA) is 101 Å². The highest BCUT2D eigenvalue weighted by Crippen LogP contribution is 2.44. The van der Waals surface area contributed by atoms with Gasteiger partial charge >= 0.3 is 0 Å². The van der Waals surface area contributed by atoms with Gasteiger partial charge in [0.05, 0.1) is 16.7 Å². The number of aryl methyl sites for hydroxylation is 4. The van der Waals surface area contributed by atoms with Crippen molar-refractivity contribution in [3.63, 3.8) is 0 Å². The number of hydrogen-bond donors (Lipinski definition) is 2. The summed E-state index contributed by atoms with van der Waals surface area (Å²) in [6.45, 7) is 7.70. The summed E-state index contributed by atoms with van der Waals surface area (Å²) in [5.41, 5.74) is 6.46. The molecule has 1 saturated carbocycles. The summed E-state index contributed by atoms with van der Waals surface area (Å²) in [6, 6.07) is 11.8. The van der Waals surface area contributed by atoms with Crippen LogP contribution in [0.2, 0.25) is 0 Å². The maximum absolute atomic E-state index is 12.7. The predicted molar refractivity (Wildman–Crippen MR) is 133 cm³/mol. The van der Waals surface area contributed by atoms with Gasteiger partial charge in [0.2, 0.25) is 0 Å². The maximum atomic E-state index is 12.7. The highest BCUT2D eigenvalue weighted by atomic mass is 16.5. The number of benzene rings is 1. The fraction of sp³-hybridized carbons (Fsp3) is 0.286. The third-order valence-corrected chi connectivity index (χ3v) is 6.94. The van der Waals surface area contributed by atoms with Crippen molar-refractivity contribution in [2.24, 2.45) is 0 Å². The lowest BCUT2D eigenvalue weighted by atomic mass is 9.80. The molecule has 0 spiro atoms. The Hall–Kier alpha value is -3.84. The first kappa shape index (κ1) is 21.7. The van der Waals surface area contributed by atoms with Gasteiger partial charge in [0, 0.05) is 52.0 Å². The van der Waals surface area contributed by atoms with E-state index in [0.717, 1.165) is 63.7 Å². The van der Waals surface area contributed by atoms with Crippen LogP contribution in [0.25, 0.3) is 22.2 Å². The van der Waals surface area contributed by atoms with Crippen molar-refractivity contribution in [2.75, 3.05) is 0 Å². The highest BCUT2D eigenvalue weighted by Gasteiger charge is 2.38. The molecule has 0 amide bonds. The third-order valence-electron chi connectivity index (χ3n) is 6.94.